The highest BCUT2D eigenvalue weighted by Gasteiger charge is 2.36. The highest BCUT2D eigenvalue weighted by Crippen LogP contribution is 2.27. The molecular weight excluding hydrogens is 252 g/mol. The molecule has 0 aliphatic carbocycles. The molecule has 2 unspecified atom stereocenters. The van der Waals surface area contributed by atoms with Crippen molar-refractivity contribution in [1.82, 2.24) is 4.90 Å². The lowest BCUT2D eigenvalue weighted by Gasteiger charge is -2.40. The number of nitrogens with zero attached hydrogens (tertiary/aromatic N) is 1. The number of para-hydroxylation sites is 1. The Morgan fingerprint density at radius 3 is 3.00 bits per heavy atom. The van der Waals surface area contributed by atoms with Crippen LogP contribution in [0.25, 0.3) is 0 Å². The molecule has 0 radical (unpaired) electrons. The topological polar surface area (TPSA) is 52.6 Å². The monoisotopic (exact) mass is 274 g/mol. The van der Waals surface area contributed by atoms with E-state index in [-0.39, 0.29) is 11.9 Å². The number of aryl methyl sites for hydroxylation is 1. The Kier molecular flexibility index (Phi) is 3.52. The van der Waals surface area contributed by atoms with Crippen LogP contribution >= 0.6 is 0 Å². The zero-order valence-electron chi connectivity index (χ0n) is 11.9. The van der Waals surface area contributed by atoms with Crippen molar-refractivity contribution in [1.29, 1.82) is 0 Å². The summed E-state index contributed by atoms with van der Waals surface area (Å²) in [6.45, 7) is 3.34. The summed E-state index contributed by atoms with van der Waals surface area (Å²) in [4.78, 5) is 14.6. The third-order valence-electron chi connectivity index (χ3n) is 4.41. The first-order valence-corrected chi connectivity index (χ1v) is 7.40. The number of carbonyl (C=O) groups excluding carboxylic acids is 1. The third kappa shape index (κ3) is 2.72. The lowest BCUT2D eigenvalue weighted by atomic mass is 9.93. The molecule has 20 heavy (non-hydrogen) atoms. The SMILES string of the molecule is CC1(O)CCCN(C2CCc3ccccc3NC2=O)C1. The summed E-state index contributed by atoms with van der Waals surface area (Å²) in [6.07, 6.45) is 3.49. The molecule has 0 aromatic heterocycles. The number of piperidine rings is 1. The average Bonchev–Trinajstić information content (AvgIpc) is 2.55. The molecule has 1 aromatic rings. The Labute approximate surface area is 119 Å². The molecule has 0 saturated carbocycles. The molecule has 2 N–H and O–H groups in total. The number of rotatable bonds is 1. The Hall–Kier alpha value is -1.39. The zero-order valence-corrected chi connectivity index (χ0v) is 11.9. The van der Waals surface area contributed by atoms with Gasteiger partial charge in [-0.15, -0.1) is 0 Å². The van der Waals surface area contributed by atoms with Crippen molar-refractivity contribution < 1.29 is 9.90 Å². The van der Waals surface area contributed by atoms with Gasteiger partial charge in [0.05, 0.1) is 11.6 Å². The van der Waals surface area contributed by atoms with Crippen molar-refractivity contribution >= 4 is 11.6 Å². The number of anilines is 1. The first-order valence-electron chi connectivity index (χ1n) is 7.40. The van der Waals surface area contributed by atoms with Crippen molar-refractivity contribution in [2.75, 3.05) is 18.4 Å². The molecule has 1 aromatic carbocycles. The summed E-state index contributed by atoms with van der Waals surface area (Å²) < 4.78 is 0. The summed E-state index contributed by atoms with van der Waals surface area (Å²) in [5, 5.41) is 13.3. The van der Waals surface area contributed by atoms with Gasteiger partial charge in [-0.25, -0.2) is 0 Å². The molecule has 4 heteroatoms. The van der Waals surface area contributed by atoms with E-state index in [0.717, 1.165) is 37.9 Å². The summed E-state index contributed by atoms with van der Waals surface area (Å²) in [6, 6.07) is 7.86. The number of hydrogen-bond donors (Lipinski definition) is 2. The predicted molar refractivity (Wildman–Crippen MR) is 78.6 cm³/mol. The van der Waals surface area contributed by atoms with Gasteiger partial charge in [-0.05, 0) is 50.8 Å². The number of benzene rings is 1. The molecule has 2 atom stereocenters. The number of nitrogens with one attached hydrogen (secondary N) is 1. The first kappa shape index (κ1) is 13.6. The van der Waals surface area contributed by atoms with Crippen LogP contribution in [0.1, 0.15) is 31.7 Å². The van der Waals surface area contributed by atoms with Crippen LogP contribution in [0.4, 0.5) is 5.69 Å². The van der Waals surface area contributed by atoms with Gasteiger partial charge in [0.1, 0.15) is 0 Å². The quantitative estimate of drug-likeness (QED) is 0.821. The van der Waals surface area contributed by atoms with E-state index >= 15 is 0 Å². The van der Waals surface area contributed by atoms with Crippen LogP contribution in [0.15, 0.2) is 24.3 Å². The van der Waals surface area contributed by atoms with Crippen molar-refractivity contribution in [3.8, 4) is 0 Å². The predicted octanol–water partition coefficient (Wildman–Crippen LogP) is 1.79. The van der Waals surface area contributed by atoms with E-state index in [0.29, 0.717) is 6.54 Å². The molecule has 2 heterocycles. The standard InChI is InChI=1S/C16H22N2O2/c1-16(20)9-4-10-18(11-16)14-8-7-12-5-2-3-6-13(12)17-15(14)19/h2-3,5-6,14,20H,4,7-11H2,1H3,(H,17,19). The maximum Gasteiger partial charge on any atom is 0.241 e. The van der Waals surface area contributed by atoms with Crippen LogP contribution < -0.4 is 5.32 Å². The van der Waals surface area contributed by atoms with Gasteiger partial charge < -0.3 is 10.4 Å². The van der Waals surface area contributed by atoms with Crippen molar-refractivity contribution in [2.24, 2.45) is 0 Å². The van der Waals surface area contributed by atoms with Crippen LogP contribution in [0.3, 0.4) is 0 Å². The second-order valence-corrected chi connectivity index (χ2v) is 6.27. The summed E-state index contributed by atoms with van der Waals surface area (Å²) >= 11 is 0. The van der Waals surface area contributed by atoms with Crippen LogP contribution in [0.2, 0.25) is 0 Å². The maximum atomic E-state index is 12.5. The summed E-state index contributed by atoms with van der Waals surface area (Å²) in [7, 11) is 0. The molecule has 2 aliphatic heterocycles. The lowest BCUT2D eigenvalue weighted by Crippen LogP contribution is -2.53. The van der Waals surface area contributed by atoms with Crippen LogP contribution in [-0.2, 0) is 11.2 Å². The second kappa shape index (κ2) is 5.19. The van der Waals surface area contributed by atoms with E-state index in [1.165, 1.54) is 5.56 Å². The summed E-state index contributed by atoms with van der Waals surface area (Å²) in [5.74, 6) is 0.0626. The lowest BCUT2D eigenvalue weighted by molar-refractivity contribution is -0.124. The van der Waals surface area contributed by atoms with E-state index in [1.807, 2.05) is 25.1 Å². The fraction of sp³-hybridized carbons (Fsp3) is 0.562. The van der Waals surface area contributed by atoms with Crippen molar-refractivity contribution in [3.05, 3.63) is 29.8 Å². The van der Waals surface area contributed by atoms with E-state index in [2.05, 4.69) is 16.3 Å². The van der Waals surface area contributed by atoms with E-state index < -0.39 is 5.60 Å². The number of carbonyl (C=O) groups is 1. The highest BCUT2D eigenvalue weighted by molar-refractivity contribution is 5.96. The zero-order chi connectivity index (χ0) is 14.2. The van der Waals surface area contributed by atoms with E-state index in [9.17, 15) is 9.90 Å². The number of β-amino-alcohol motifs (C(OH)–C–C–N with tert-alkyl or cyclic N) is 1. The molecule has 2 aliphatic rings. The minimum Gasteiger partial charge on any atom is -0.389 e. The van der Waals surface area contributed by atoms with E-state index in [1.54, 1.807) is 0 Å². The third-order valence-corrected chi connectivity index (χ3v) is 4.41. The van der Waals surface area contributed by atoms with Gasteiger partial charge in [-0.2, -0.15) is 0 Å². The van der Waals surface area contributed by atoms with Gasteiger partial charge in [0, 0.05) is 12.2 Å². The average molecular weight is 274 g/mol. The number of likely N-dealkylation sites (tertiary alicyclic amines) is 1. The van der Waals surface area contributed by atoms with Gasteiger partial charge >= 0.3 is 0 Å². The Balaban J connectivity index is 1.78. The molecule has 1 saturated heterocycles. The van der Waals surface area contributed by atoms with Crippen molar-refractivity contribution in [3.63, 3.8) is 0 Å². The number of amides is 1. The van der Waals surface area contributed by atoms with Crippen LogP contribution in [-0.4, -0.2) is 40.6 Å². The van der Waals surface area contributed by atoms with Gasteiger partial charge in [0.2, 0.25) is 5.91 Å². The molecule has 0 bridgehead atoms. The second-order valence-electron chi connectivity index (χ2n) is 6.27. The molecule has 4 nitrogen and oxygen atoms in total. The maximum absolute atomic E-state index is 12.5. The minimum atomic E-state index is -0.669. The Morgan fingerprint density at radius 1 is 1.40 bits per heavy atom. The van der Waals surface area contributed by atoms with Crippen molar-refractivity contribution in [2.45, 2.75) is 44.2 Å². The van der Waals surface area contributed by atoms with Crippen LogP contribution in [0, 0.1) is 0 Å². The molecule has 1 fully saturated rings. The van der Waals surface area contributed by atoms with Crippen LogP contribution in [0.5, 0.6) is 0 Å². The largest absolute Gasteiger partial charge is 0.389 e. The Morgan fingerprint density at radius 2 is 2.20 bits per heavy atom. The van der Waals surface area contributed by atoms with Gasteiger partial charge in [0.15, 0.2) is 0 Å². The highest BCUT2D eigenvalue weighted by atomic mass is 16.3. The smallest absolute Gasteiger partial charge is 0.241 e. The van der Waals surface area contributed by atoms with E-state index in [4.69, 9.17) is 0 Å². The fourth-order valence-electron chi connectivity index (χ4n) is 3.37. The molecule has 3 rings (SSSR count). The summed E-state index contributed by atoms with van der Waals surface area (Å²) in [5.41, 5.74) is 1.47. The molecule has 108 valence electrons. The first-order chi connectivity index (χ1) is 9.55. The number of aliphatic hydroxyl groups is 1. The number of hydrogen-bond acceptors (Lipinski definition) is 3. The molecule has 0 spiro atoms. The van der Waals surface area contributed by atoms with Gasteiger partial charge in [0.25, 0.3) is 0 Å². The minimum absolute atomic E-state index is 0.0626. The Bertz CT molecular complexity index is 513. The van der Waals surface area contributed by atoms with Gasteiger partial charge in [-0.1, -0.05) is 18.2 Å². The molecule has 1 amide bonds. The van der Waals surface area contributed by atoms with Gasteiger partial charge in [-0.3, -0.25) is 9.69 Å². The normalized spacial score (nSPS) is 31.3. The molecular formula is C16H22N2O2. The number of fused-ring (bicyclic) bond motifs is 1. The fourth-order valence-corrected chi connectivity index (χ4v) is 3.37.